The Morgan fingerprint density at radius 1 is 1.36 bits per heavy atom. The molecule has 1 aliphatic carbocycles. The van der Waals surface area contributed by atoms with Gasteiger partial charge < -0.3 is 0 Å². The molecule has 0 N–H and O–H groups in total. The minimum absolute atomic E-state index is 0.359. The van der Waals surface area contributed by atoms with E-state index in [1.807, 2.05) is 0 Å². The van der Waals surface area contributed by atoms with Crippen LogP contribution in [0.4, 0.5) is 0 Å². The van der Waals surface area contributed by atoms with Crippen LogP contribution in [0.25, 0.3) is 0 Å². The van der Waals surface area contributed by atoms with Crippen LogP contribution in [0, 0.1) is 16.7 Å². The SMILES string of the molecule is CCC1(C(C)C)C(Cl)C1(C)C. The van der Waals surface area contributed by atoms with Gasteiger partial charge in [-0.2, -0.15) is 0 Å². The molecule has 0 aromatic carbocycles. The molecule has 0 bridgehead atoms. The van der Waals surface area contributed by atoms with Crippen LogP contribution in [-0.2, 0) is 0 Å². The highest BCUT2D eigenvalue weighted by Crippen LogP contribution is 2.71. The monoisotopic (exact) mass is 174 g/mol. The molecular weight excluding hydrogens is 156 g/mol. The highest BCUT2D eigenvalue weighted by Gasteiger charge is 2.70. The van der Waals surface area contributed by atoms with Crippen molar-refractivity contribution in [1.29, 1.82) is 0 Å². The molecular formula is C10H19Cl. The third-order valence-electron chi connectivity index (χ3n) is 3.82. The van der Waals surface area contributed by atoms with Crippen molar-refractivity contribution in [2.24, 2.45) is 16.7 Å². The lowest BCUT2D eigenvalue weighted by atomic mass is 9.83. The highest BCUT2D eigenvalue weighted by molar-refractivity contribution is 6.24. The van der Waals surface area contributed by atoms with E-state index in [0.717, 1.165) is 0 Å². The third kappa shape index (κ3) is 0.884. The minimum atomic E-state index is 0.359. The fraction of sp³-hybridized carbons (Fsp3) is 1.00. The maximum Gasteiger partial charge on any atom is 0.0457 e. The number of hydrogen-bond donors (Lipinski definition) is 0. The molecule has 1 heteroatoms. The first-order valence-corrected chi connectivity index (χ1v) is 4.99. The summed E-state index contributed by atoms with van der Waals surface area (Å²) >= 11 is 6.30. The van der Waals surface area contributed by atoms with Crippen molar-refractivity contribution in [3.63, 3.8) is 0 Å². The highest BCUT2D eigenvalue weighted by atomic mass is 35.5. The average Bonchev–Trinajstić information content (AvgIpc) is 2.30. The number of alkyl halides is 1. The summed E-state index contributed by atoms with van der Waals surface area (Å²) in [6.45, 7) is 11.4. The van der Waals surface area contributed by atoms with Gasteiger partial charge in [-0.25, -0.2) is 0 Å². The normalized spacial score (nSPS) is 41.2. The third-order valence-corrected chi connectivity index (χ3v) is 4.75. The van der Waals surface area contributed by atoms with Crippen molar-refractivity contribution in [1.82, 2.24) is 0 Å². The quantitative estimate of drug-likeness (QED) is 0.561. The molecule has 2 unspecified atom stereocenters. The first-order chi connectivity index (χ1) is 4.91. The minimum Gasteiger partial charge on any atom is -0.122 e. The van der Waals surface area contributed by atoms with Gasteiger partial charge in [0.05, 0.1) is 0 Å². The van der Waals surface area contributed by atoms with Crippen molar-refractivity contribution < 1.29 is 0 Å². The van der Waals surface area contributed by atoms with E-state index in [-0.39, 0.29) is 0 Å². The number of rotatable bonds is 2. The van der Waals surface area contributed by atoms with Gasteiger partial charge in [-0.3, -0.25) is 0 Å². The van der Waals surface area contributed by atoms with Crippen LogP contribution in [0.5, 0.6) is 0 Å². The summed E-state index contributed by atoms with van der Waals surface area (Å²) < 4.78 is 0. The average molecular weight is 175 g/mol. The fourth-order valence-corrected chi connectivity index (χ4v) is 3.73. The summed E-state index contributed by atoms with van der Waals surface area (Å²) in [5.41, 5.74) is 0.770. The number of halogens is 1. The molecule has 1 rings (SSSR count). The van der Waals surface area contributed by atoms with E-state index in [2.05, 4.69) is 34.6 Å². The zero-order valence-electron chi connectivity index (χ0n) is 8.24. The zero-order chi connectivity index (χ0) is 8.86. The van der Waals surface area contributed by atoms with Gasteiger partial charge in [0.1, 0.15) is 0 Å². The van der Waals surface area contributed by atoms with E-state index in [9.17, 15) is 0 Å². The summed E-state index contributed by atoms with van der Waals surface area (Å²) in [5, 5.41) is 0.389. The topological polar surface area (TPSA) is 0 Å². The van der Waals surface area contributed by atoms with Gasteiger partial charge in [-0.1, -0.05) is 34.6 Å². The molecule has 0 aromatic heterocycles. The van der Waals surface area contributed by atoms with Crippen molar-refractivity contribution >= 4 is 11.6 Å². The first-order valence-electron chi connectivity index (χ1n) is 4.55. The van der Waals surface area contributed by atoms with Crippen molar-refractivity contribution in [3.8, 4) is 0 Å². The standard InChI is InChI=1S/C10H19Cl/c1-6-10(7(2)3)8(11)9(10,4)5/h7-8H,6H2,1-5H3. The maximum absolute atomic E-state index is 6.30. The van der Waals surface area contributed by atoms with E-state index < -0.39 is 0 Å². The smallest absolute Gasteiger partial charge is 0.0457 e. The van der Waals surface area contributed by atoms with E-state index in [1.165, 1.54) is 6.42 Å². The lowest BCUT2D eigenvalue weighted by molar-refractivity contribution is 0.270. The summed E-state index contributed by atoms with van der Waals surface area (Å²) in [6, 6.07) is 0. The lowest BCUT2D eigenvalue weighted by Gasteiger charge is -2.22. The van der Waals surface area contributed by atoms with Crippen molar-refractivity contribution in [2.45, 2.75) is 46.4 Å². The van der Waals surface area contributed by atoms with Crippen LogP contribution in [0.3, 0.4) is 0 Å². The Bertz CT molecular complexity index is 160. The van der Waals surface area contributed by atoms with E-state index in [1.54, 1.807) is 0 Å². The summed E-state index contributed by atoms with van der Waals surface area (Å²) in [4.78, 5) is 0. The molecule has 0 aliphatic heterocycles. The lowest BCUT2D eigenvalue weighted by Crippen LogP contribution is -2.15. The maximum atomic E-state index is 6.30. The molecule has 66 valence electrons. The second-order valence-electron chi connectivity index (χ2n) is 4.63. The van der Waals surface area contributed by atoms with Gasteiger partial charge in [0.2, 0.25) is 0 Å². The summed E-state index contributed by atoms with van der Waals surface area (Å²) in [6.07, 6.45) is 1.21. The Hall–Kier alpha value is 0.290. The predicted molar refractivity (Wildman–Crippen MR) is 51.0 cm³/mol. The Morgan fingerprint density at radius 3 is 1.73 bits per heavy atom. The van der Waals surface area contributed by atoms with Gasteiger partial charge >= 0.3 is 0 Å². The molecule has 1 fully saturated rings. The molecule has 2 atom stereocenters. The van der Waals surface area contributed by atoms with E-state index in [4.69, 9.17) is 11.6 Å². The van der Waals surface area contributed by atoms with Crippen molar-refractivity contribution in [2.75, 3.05) is 0 Å². The van der Waals surface area contributed by atoms with Crippen LogP contribution in [0.15, 0.2) is 0 Å². The molecule has 0 saturated heterocycles. The molecule has 0 radical (unpaired) electrons. The molecule has 1 saturated carbocycles. The van der Waals surface area contributed by atoms with E-state index >= 15 is 0 Å². The fourth-order valence-electron chi connectivity index (χ4n) is 2.90. The first kappa shape index (κ1) is 9.38. The molecule has 0 nitrogen and oxygen atoms in total. The summed E-state index contributed by atoms with van der Waals surface area (Å²) in [5.74, 6) is 0.713. The molecule has 0 heterocycles. The second-order valence-corrected chi connectivity index (χ2v) is 5.07. The largest absolute Gasteiger partial charge is 0.122 e. The molecule has 0 amide bonds. The van der Waals surface area contributed by atoms with Crippen LogP contribution >= 0.6 is 11.6 Å². The Labute approximate surface area is 75.3 Å². The molecule has 0 aromatic rings. The van der Waals surface area contributed by atoms with Crippen LogP contribution < -0.4 is 0 Å². The predicted octanol–water partition coefficient (Wildman–Crippen LogP) is 3.69. The van der Waals surface area contributed by atoms with Gasteiger partial charge in [0.25, 0.3) is 0 Å². The van der Waals surface area contributed by atoms with Crippen molar-refractivity contribution in [3.05, 3.63) is 0 Å². The second kappa shape index (κ2) is 2.39. The molecule has 11 heavy (non-hydrogen) atoms. The van der Waals surface area contributed by atoms with Crippen LogP contribution in [-0.4, -0.2) is 5.38 Å². The molecule has 1 aliphatic rings. The van der Waals surface area contributed by atoms with Gasteiger partial charge in [-0.05, 0) is 23.2 Å². The zero-order valence-corrected chi connectivity index (χ0v) is 9.00. The summed E-state index contributed by atoms with van der Waals surface area (Å²) in [7, 11) is 0. The Morgan fingerprint density at radius 2 is 1.73 bits per heavy atom. The van der Waals surface area contributed by atoms with Crippen LogP contribution in [0.1, 0.15) is 41.0 Å². The Kier molecular flexibility index (Phi) is 2.03. The van der Waals surface area contributed by atoms with Gasteiger partial charge in [0.15, 0.2) is 0 Å². The Balaban J connectivity index is 2.84. The van der Waals surface area contributed by atoms with Gasteiger partial charge in [-0.15, -0.1) is 11.6 Å². The molecule has 0 spiro atoms. The van der Waals surface area contributed by atoms with Crippen LogP contribution in [0.2, 0.25) is 0 Å². The van der Waals surface area contributed by atoms with Gasteiger partial charge in [0, 0.05) is 5.38 Å². The van der Waals surface area contributed by atoms with E-state index in [0.29, 0.717) is 22.1 Å². The number of hydrogen-bond acceptors (Lipinski definition) is 0.